The molecule has 2 aromatic heterocycles. The highest BCUT2D eigenvalue weighted by molar-refractivity contribution is 7.22. The van der Waals surface area contributed by atoms with Crippen molar-refractivity contribution in [3.63, 3.8) is 0 Å². The average Bonchev–Trinajstić information content (AvgIpc) is 3.10. The summed E-state index contributed by atoms with van der Waals surface area (Å²) in [4.78, 5) is 7.14. The Labute approximate surface area is 144 Å². The molecule has 3 heterocycles. The van der Waals surface area contributed by atoms with Gasteiger partial charge in [-0.05, 0) is 19.4 Å². The zero-order valence-corrected chi connectivity index (χ0v) is 14.9. The second-order valence-corrected chi connectivity index (χ2v) is 6.91. The third kappa shape index (κ3) is 2.49. The van der Waals surface area contributed by atoms with Gasteiger partial charge in [-0.3, -0.25) is 0 Å². The Morgan fingerprint density at radius 2 is 2.21 bits per heavy atom. The van der Waals surface area contributed by atoms with Gasteiger partial charge in [0.25, 0.3) is 0 Å². The summed E-state index contributed by atoms with van der Waals surface area (Å²) in [5, 5.41) is 5.48. The van der Waals surface area contributed by atoms with Crippen molar-refractivity contribution < 1.29 is 9.47 Å². The molecule has 0 aliphatic carbocycles. The third-order valence-electron chi connectivity index (χ3n) is 4.26. The lowest BCUT2D eigenvalue weighted by Gasteiger charge is -2.26. The average molecular weight is 344 g/mol. The van der Waals surface area contributed by atoms with E-state index in [0.717, 1.165) is 57.7 Å². The fraction of sp³-hybridized carbons (Fsp3) is 0.412. The van der Waals surface area contributed by atoms with Crippen molar-refractivity contribution in [2.45, 2.75) is 19.9 Å². The van der Waals surface area contributed by atoms with Crippen molar-refractivity contribution in [3.05, 3.63) is 29.5 Å². The van der Waals surface area contributed by atoms with Crippen LogP contribution in [0.2, 0.25) is 0 Å². The molecule has 0 unspecified atom stereocenters. The van der Waals surface area contributed by atoms with Gasteiger partial charge in [0.1, 0.15) is 0 Å². The van der Waals surface area contributed by atoms with Crippen LogP contribution in [0, 0.1) is 6.92 Å². The van der Waals surface area contributed by atoms with E-state index in [1.165, 1.54) is 0 Å². The van der Waals surface area contributed by atoms with Gasteiger partial charge >= 0.3 is 0 Å². The van der Waals surface area contributed by atoms with Crippen LogP contribution >= 0.6 is 11.3 Å². The number of fused-ring (bicyclic) bond motifs is 2. The molecule has 1 aromatic carbocycles. The molecule has 0 saturated heterocycles. The highest BCUT2D eigenvalue weighted by Gasteiger charge is 2.21. The lowest BCUT2D eigenvalue weighted by Crippen LogP contribution is -2.27. The number of nitrogens with zero attached hydrogens (tertiary/aromatic N) is 4. The predicted molar refractivity (Wildman–Crippen MR) is 95.3 cm³/mol. The van der Waals surface area contributed by atoms with E-state index in [4.69, 9.17) is 14.5 Å². The molecule has 126 valence electrons. The summed E-state index contributed by atoms with van der Waals surface area (Å²) < 4.78 is 14.4. The first-order valence-electron chi connectivity index (χ1n) is 8.01. The number of benzene rings is 1. The molecule has 0 fully saturated rings. The molecule has 0 saturated carbocycles. The summed E-state index contributed by atoms with van der Waals surface area (Å²) in [6.07, 6.45) is 0.949. The Balaban J connectivity index is 1.73. The number of methoxy groups -OCH3 is 1. The Kier molecular flexibility index (Phi) is 3.80. The molecule has 1 aliphatic rings. The van der Waals surface area contributed by atoms with Crippen LogP contribution in [-0.4, -0.2) is 35.0 Å². The van der Waals surface area contributed by atoms with Gasteiger partial charge in [0, 0.05) is 25.7 Å². The van der Waals surface area contributed by atoms with Crippen LogP contribution in [0.4, 0.5) is 5.13 Å². The van der Waals surface area contributed by atoms with E-state index in [0.29, 0.717) is 6.61 Å². The standard InChI is InChI=1S/C17H20N4O2S/c1-11-15-16(20(2)19-11)18-17(24-15)21-8-5-9-23-14-12(10-21)6-4-7-13(14)22-3/h4,6-7H,5,8-10H2,1-3H3. The zero-order chi connectivity index (χ0) is 16.7. The van der Waals surface area contributed by atoms with Crippen LogP contribution in [0.15, 0.2) is 18.2 Å². The van der Waals surface area contributed by atoms with Gasteiger partial charge < -0.3 is 14.4 Å². The topological polar surface area (TPSA) is 52.4 Å². The lowest BCUT2D eigenvalue weighted by molar-refractivity contribution is 0.281. The minimum atomic E-state index is 0.676. The molecule has 0 spiro atoms. The molecule has 7 heteroatoms. The van der Waals surface area contributed by atoms with Gasteiger partial charge in [-0.25, -0.2) is 9.67 Å². The van der Waals surface area contributed by atoms with Crippen LogP contribution in [0.25, 0.3) is 10.3 Å². The van der Waals surface area contributed by atoms with Crippen molar-refractivity contribution in [1.29, 1.82) is 0 Å². The number of hydrogen-bond donors (Lipinski definition) is 0. The molecule has 4 rings (SSSR count). The van der Waals surface area contributed by atoms with E-state index in [1.807, 2.05) is 30.8 Å². The summed E-state index contributed by atoms with van der Waals surface area (Å²) in [6, 6.07) is 6.04. The maximum atomic E-state index is 5.93. The normalized spacial score (nSPS) is 14.9. The van der Waals surface area contributed by atoms with Crippen molar-refractivity contribution in [3.8, 4) is 11.5 Å². The van der Waals surface area contributed by atoms with Crippen molar-refractivity contribution >= 4 is 26.8 Å². The van der Waals surface area contributed by atoms with Gasteiger partial charge in [0.2, 0.25) is 0 Å². The highest BCUT2D eigenvalue weighted by atomic mass is 32.1. The van der Waals surface area contributed by atoms with Gasteiger partial charge in [-0.2, -0.15) is 5.10 Å². The van der Waals surface area contributed by atoms with Crippen LogP contribution < -0.4 is 14.4 Å². The first-order chi connectivity index (χ1) is 11.7. The fourth-order valence-electron chi connectivity index (χ4n) is 3.10. The van der Waals surface area contributed by atoms with Crippen LogP contribution in [-0.2, 0) is 13.6 Å². The van der Waals surface area contributed by atoms with E-state index < -0.39 is 0 Å². The minimum Gasteiger partial charge on any atom is -0.493 e. The number of aromatic nitrogens is 3. The van der Waals surface area contributed by atoms with Gasteiger partial charge in [0.05, 0.1) is 24.1 Å². The maximum Gasteiger partial charge on any atom is 0.188 e. The van der Waals surface area contributed by atoms with Crippen LogP contribution in [0.5, 0.6) is 11.5 Å². The van der Waals surface area contributed by atoms with Crippen molar-refractivity contribution in [1.82, 2.24) is 14.8 Å². The smallest absolute Gasteiger partial charge is 0.188 e. The monoisotopic (exact) mass is 344 g/mol. The Bertz CT molecular complexity index is 852. The number of anilines is 1. The molecule has 6 nitrogen and oxygen atoms in total. The van der Waals surface area contributed by atoms with Crippen molar-refractivity contribution in [2.24, 2.45) is 7.05 Å². The van der Waals surface area contributed by atoms with Gasteiger partial charge in [-0.1, -0.05) is 23.5 Å². The Morgan fingerprint density at radius 3 is 3.00 bits per heavy atom. The second-order valence-electron chi connectivity index (χ2n) is 5.93. The summed E-state index contributed by atoms with van der Waals surface area (Å²) in [7, 11) is 3.62. The minimum absolute atomic E-state index is 0.676. The molecule has 24 heavy (non-hydrogen) atoms. The number of aryl methyl sites for hydroxylation is 2. The Morgan fingerprint density at radius 1 is 1.33 bits per heavy atom. The fourth-order valence-corrected chi connectivity index (χ4v) is 4.15. The molecular weight excluding hydrogens is 324 g/mol. The molecule has 1 aliphatic heterocycles. The zero-order valence-electron chi connectivity index (χ0n) is 14.1. The number of thiazole rings is 1. The third-order valence-corrected chi connectivity index (χ3v) is 5.48. The first kappa shape index (κ1) is 15.3. The molecule has 0 N–H and O–H groups in total. The maximum absolute atomic E-state index is 5.93. The van der Waals surface area contributed by atoms with E-state index >= 15 is 0 Å². The molecule has 0 bridgehead atoms. The molecule has 0 amide bonds. The summed E-state index contributed by atoms with van der Waals surface area (Å²) >= 11 is 1.71. The van der Waals surface area contributed by atoms with E-state index in [1.54, 1.807) is 18.4 Å². The summed E-state index contributed by atoms with van der Waals surface area (Å²) in [6.45, 7) is 4.39. The quantitative estimate of drug-likeness (QED) is 0.715. The number of hydrogen-bond acceptors (Lipinski definition) is 6. The van der Waals surface area contributed by atoms with E-state index in [9.17, 15) is 0 Å². The van der Waals surface area contributed by atoms with Crippen LogP contribution in [0.1, 0.15) is 17.7 Å². The lowest BCUT2D eigenvalue weighted by atomic mass is 10.1. The first-order valence-corrected chi connectivity index (χ1v) is 8.83. The molecular formula is C17H20N4O2S. The summed E-state index contributed by atoms with van der Waals surface area (Å²) in [5.41, 5.74) is 3.12. The molecule has 3 aromatic rings. The van der Waals surface area contributed by atoms with Crippen LogP contribution in [0.3, 0.4) is 0 Å². The molecule has 0 atom stereocenters. The van der Waals surface area contributed by atoms with E-state index in [-0.39, 0.29) is 0 Å². The van der Waals surface area contributed by atoms with E-state index in [2.05, 4.69) is 16.1 Å². The number of ether oxygens (including phenoxy) is 2. The molecule has 0 radical (unpaired) electrons. The predicted octanol–water partition coefficient (Wildman–Crippen LogP) is 3.14. The Hall–Kier alpha value is -2.28. The van der Waals surface area contributed by atoms with Gasteiger partial charge in [-0.15, -0.1) is 0 Å². The highest BCUT2D eigenvalue weighted by Crippen LogP contribution is 2.36. The second kappa shape index (κ2) is 5.98. The SMILES string of the molecule is COc1cccc2c1OCCCN(c1nc3c(s1)c(C)nn3C)C2. The van der Waals surface area contributed by atoms with Gasteiger partial charge in [0.15, 0.2) is 22.3 Å². The largest absolute Gasteiger partial charge is 0.493 e. The number of rotatable bonds is 2. The van der Waals surface area contributed by atoms with Crippen molar-refractivity contribution in [2.75, 3.05) is 25.2 Å². The number of para-hydroxylation sites is 1. The summed E-state index contributed by atoms with van der Waals surface area (Å²) in [5.74, 6) is 1.64.